The van der Waals surface area contributed by atoms with Crippen molar-refractivity contribution in [2.75, 3.05) is 39.3 Å². The third kappa shape index (κ3) is 5.97. The van der Waals surface area contributed by atoms with Gasteiger partial charge in [-0.05, 0) is 80.9 Å². The van der Waals surface area contributed by atoms with Crippen LogP contribution in [0.4, 0.5) is 4.39 Å². The van der Waals surface area contributed by atoms with E-state index in [1.165, 1.54) is 55.7 Å². The van der Waals surface area contributed by atoms with E-state index < -0.39 is 0 Å². The largest absolute Gasteiger partial charge is 0.351 e. The lowest BCUT2D eigenvalue weighted by Gasteiger charge is -2.29. The van der Waals surface area contributed by atoms with Crippen molar-refractivity contribution in [2.24, 2.45) is 0 Å². The number of aromatic nitrogens is 1. The molecule has 1 N–H and O–H groups in total. The van der Waals surface area contributed by atoms with Gasteiger partial charge >= 0.3 is 0 Å². The van der Waals surface area contributed by atoms with E-state index in [4.69, 9.17) is 4.98 Å². The summed E-state index contributed by atoms with van der Waals surface area (Å²) in [5, 5.41) is 3.59. The van der Waals surface area contributed by atoms with E-state index in [9.17, 15) is 9.18 Å². The molecule has 35 heavy (non-hydrogen) atoms. The third-order valence-corrected chi connectivity index (χ3v) is 9.45. The first-order chi connectivity index (χ1) is 17.0. The van der Waals surface area contributed by atoms with Gasteiger partial charge in [0.2, 0.25) is 0 Å². The van der Waals surface area contributed by atoms with Gasteiger partial charge in [0.1, 0.15) is 5.82 Å². The smallest absolute Gasteiger partial charge is 0.252 e. The standard InChI is InChI=1S/C28H34FN4OSi/c1-35-16-14-33(15-17-35)20-21-4-6-22(7-5-21)27-19-25(24-18-23(29)8-9-26(24)31-27)28(34)30-10-13-32-11-2-3-12-32/h4-9,18-19H,2-3,10-17,20H2,1H3,(H,30,34). The van der Waals surface area contributed by atoms with E-state index in [0.717, 1.165) is 37.4 Å². The molecule has 3 aromatic rings. The lowest BCUT2D eigenvalue weighted by molar-refractivity contribution is 0.0951. The number of amides is 1. The van der Waals surface area contributed by atoms with Crippen molar-refractivity contribution < 1.29 is 9.18 Å². The maximum absolute atomic E-state index is 14.0. The summed E-state index contributed by atoms with van der Waals surface area (Å²) in [6.07, 6.45) is 2.45. The molecule has 5 nitrogen and oxygen atoms in total. The Bertz CT molecular complexity index is 1170. The first-order valence-electron chi connectivity index (χ1n) is 12.8. The van der Waals surface area contributed by atoms with Crippen LogP contribution >= 0.6 is 0 Å². The number of rotatable bonds is 7. The Kier molecular flexibility index (Phi) is 7.56. The van der Waals surface area contributed by atoms with Crippen LogP contribution in [0.25, 0.3) is 22.2 Å². The van der Waals surface area contributed by atoms with Gasteiger partial charge in [-0.15, -0.1) is 0 Å². The molecule has 0 saturated carbocycles. The predicted octanol–water partition coefficient (Wildman–Crippen LogP) is 4.81. The van der Waals surface area contributed by atoms with E-state index in [1.54, 1.807) is 12.1 Å². The SMILES string of the molecule is C[Si]1CCN(Cc2ccc(-c3cc(C(=O)NCCN4CCCC4)c4cc(F)ccc4n3)cc2)CC1. The molecule has 2 aliphatic heterocycles. The number of hydrogen-bond acceptors (Lipinski definition) is 4. The molecular weight excluding hydrogens is 455 g/mol. The third-order valence-electron chi connectivity index (χ3n) is 7.29. The number of pyridine rings is 1. The molecule has 2 aliphatic rings. The van der Waals surface area contributed by atoms with Gasteiger partial charge in [-0.3, -0.25) is 9.69 Å². The molecule has 0 atom stereocenters. The predicted molar refractivity (Wildman–Crippen MR) is 142 cm³/mol. The molecule has 2 aromatic carbocycles. The van der Waals surface area contributed by atoms with E-state index >= 15 is 0 Å². The summed E-state index contributed by atoms with van der Waals surface area (Å²) >= 11 is 0. The highest BCUT2D eigenvalue weighted by Crippen LogP contribution is 2.26. The van der Waals surface area contributed by atoms with Gasteiger partial charge in [0.05, 0.1) is 16.8 Å². The molecular formula is C28H34FN4OSi. The Morgan fingerprint density at radius 1 is 1.00 bits per heavy atom. The summed E-state index contributed by atoms with van der Waals surface area (Å²) < 4.78 is 14.0. The van der Waals surface area contributed by atoms with E-state index in [2.05, 4.69) is 45.9 Å². The molecule has 1 amide bonds. The van der Waals surface area contributed by atoms with Crippen LogP contribution < -0.4 is 5.32 Å². The number of nitrogens with one attached hydrogen (secondary N) is 1. The first-order valence-corrected chi connectivity index (χ1v) is 15.2. The molecule has 0 aliphatic carbocycles. The van der Waals surface area contributed by atoms with Gasteiger partial charge in [0.25, 0.3) is 5.91 Å². The molecule has 7 heteroatoms. The average Bonchev–Trinajstić information content (AvgIpc) is 3.39. The van der Waals surface area contributed by atoms with Gasteiger partial charge in [-0.25, -0.2) is 9.37 Å². The highest BCUT2D eigenvalue weighted by molar-refractivity contribution is 6.57. The summed E-state index contributed by atoms with van der Waals surface area (Å²) in [6.45, 7) is 9.43. The molecule has 3 heterocycles. The number of carbonyl (C=O) groups excluding carboxylic acids is 1. The zero-order chi connectivity index (χ0) is 24.2. The molecule has 1 radical (unpaired) electrons. The maximum atomic E-state index is 14.0. The van der Waals surface area contributed by atoms with Crippen molar-refractivity contribution in [3.8, 4) is 11.3 Å². The molecule has 2 fully saturated rings. The molecule has 183 valence electrons. The zero-order valence-electron chi connectivity index (χ0n) is 20.5. The Morgan fingerprint density at radius 2 is 1.74 bits per heavy atom. The number of halogens is 1. The molecule has 5 rings (SSSR count). The fourth-order valence-corrected chi connectivity index (χ4v) is 6.74. The fourth-order valence-electron chi connectivity index (χ4n) is 5.09. The van der Waals surface area contributed by atoms with Crippen molar-refractivity contribution in [3.63, 3.8) is 0 Å². The van der Waals surface area contributed by atoms with E-state index in [1.807, 2.05) is 0 Å². The second kappa shape index (κ2) is 11.0. The molecule has 2 saturated heterocycles. The van der Waals surface area contributed by atoms with Crippen LogP contribution in [0.2, 0.25) is 18.6 Å². The van der Waals surface area contributed by atoms with Gasteiger partial charge in [0, 0.05) is 39.4 Å². The Balaban J connectivity index is 1.35. The van der Waals surface area contributed by atoms with Crippen LogP contribution in [0.1, 0.15) is 28.8 Å². The topological polar surface area (TPSA) is 48.5 Å². The summed E-state index contributed by atoms with van der Waals surface area (Å²) in [5.74, 6) is -0.543. The van der Waals surface area contributed by atoms with Gasteiger partial charge in [-0.1, -0.05) is 30.8 Å². The van der Waals surface area contributed by atoms with Crippen LogP contribution in [0, 0.1) is 5.82 Å². The molecule has 0 bridgehead atoms. The quantitative estimate of drug-likeness (QED) is 0.484. The Labute approximate surface area is 208 Å². The lowest BCUT2D eigenvalue weighted by atomic mass is 10.0. The van der Waals surface area contributed by atoms with Crippen LogP contribution in [-0.2, 0) is 6.54 Å². The highest BCUT2D eigenvalue weighted by atomic mass is 28.3. The van der Waals surface area contributed by atoms with Crippen LogP contribution in [0.15, 0.2) is 48.5 Å². The second-order valence-electron chi connectivity index (χ2n) is 9.95. The minimum Gasteiger partial charge on any atom is -0.351 e. The normalized spacial score (nSPS) is 17.8. The summed E-state index contributed by atoms with van der Waals surface area (Å²) in [7, 11) is -0.109. The summed E-state index contributed by atoms with van der Waals surface area (Å²) in [4.78, 5) is 22.8. The van der Waals surface area contributed by atoms with E-state index in [0.29, 0.717) is 23.0 Å². The number of likely N-dealkylation sites (tertiary alicyclic amines) is 1. The second-order valence-corrected chi connectivity index (χ2v) is 12.9. The van der Waals surface area contributed by atoms with Crippen molar-refractivity contribution in [1.82, 2.24) is 20.1 Å². The number of fused-ring (bicyclic) bond motifs is 1. The zero-order valence-corrected chi connectivity index (χ0v) is 21.5. The summed E-state index contributed by atoms with van der Waals surface area (Å²) in [5.41, 5.74) is 4.09. The number of nitrogens with zero attached hydrogens (tertiary/aromatic N) is 3. The monoisotopic (exact) mass is 489 g/mol. The maximum Gasteiger partial charge on any atom is 0.252 e. The van der Waals surface area contributed by atoms with Crippen molar-refractivity contribution in [2.45, 2.75) is 38.0 Å². The number of hydrogen-bond donors (Lipinski definition) is 1. The van der Waals surface area contributed by atoms with Gasteiger partial charge < -0.3 is 10.2 Å². The minimum atomic E-state index is -0.364. The molecule has 0 spiro atoms. The Hall–Kier alpha value is -2.61. The van der Waals surface area contributed by atoms with Crippen molar-refractivity contribution in [1.29, 1.82) is 0 Å². The number of benzene rings is 2. The number of carbonyl (C=O) groups is 1. The van der Waals surface area contributed by atoms with Gasteiger partial charge in [0.15, 0.2) is 0 Å². The summed E-state index contributed by atoms with van der Waals surface area (Å²) in [6, 6.07) is 17.5. The van der Waals surface area contributed by atoms with Crippen LogP contribution in [-0.4, -0.2) is 68.8 Å². The van der Waals surface area contributed by atoms with Crippen molar-refractivity contribution in [3.05, 3.63) is 65.5 Å². The highest BCUT2D eigenvalue weighted by Gasteiger charge is 2.18. The Morgan fingerprint density at radius 3 is 2.49 bits per heavy atom. The van der Waals surface area contributed by atoms with E-state index in [-0.39, 0.29) is 20.5 Å². The molecule has 0 unspecified atom stereocenters. The molecule has 1 aromatic heterocycles. The van der Waals surface area contributed by atoms with Crippen molar-refractivity contribution >= 4 is 25.6 Å². The van der Waals surface area contributed by atoms with Crippen LogP contribution in [0.3, 0.4) is 0 Å². The van der Waals surface area contributed by atoms with Gasteiger partial charge in [-0.2, -0.15) is 0 Å². The first kappa shape index (κ1) is 24.1. The average molecular weight is 490 g/mol. The minimum absolute atomic E-state index is 0.109. The fraction of sp³-hybridized carbons (Fsp3) is 0.429. The lowest BCUT2D eigenvalue weighted by Crippen LogP contribution is -2.35. The van der Waals surface area contributed by atoms with Crippen LogP contribution in [0.5, 0.6) is 0 Å².